The number of halogens is 4. The van der Waals surface area contributed by atoms with E-state index in [0.29, 0.717) is 42.3 Å². The van der Waals surface area contributed by atoms with E-state index in [1.54, 1.807) is 0 Å². The topological polar surface area (TPSA) is 81.1 Å². The minimum absolute atomic E-state index is 0.0119. The molecule has 9 nitrogen and oxygen atoms in total. The van der Waals surface area contributed by atoms with Crippen LogP contribution in [0.1, 0.15) is 123 Å². The van der Waals surface area contributed by atoms with Gasteiger partial charge in [0.2, 0.25) is 5.89 Å². The SMILES string of the molecule is CC(C)N1CCN(C2CCCC(F)(F)[C@@H]2CC(=S)N2CCC(C)(c3noc(C4CC4)n3)CC2)CC1.CC(C)N1CCN(C2CCCC(F)(F)[C@@H]2N)CC1. The molecule has 4 heterocycles. The zero-order chi connectivity index (χ0) is 38.1. The highest BCUT2D eigenvalue weighted by Crippen LogP contribution is 2.45. The predicted octanol–water partition coefficient (Wildman–Crippen LogP) is 6.38. The van der Waals surface area contributed by atoms with Gasteiger partial charge < -0.3 is 15.2 Å². The first-order valence-corrected chi connectivity index (χ1v) is 21.1. The lowest BCUT2D eigenvalue weighted by Crippen LogP contribution is -2.62. The van der Waals surface area contributed by atoms with Gasteiger partial charge in [-0.15, -0.1) is 0 Å². The molecule has 1 aromatic rings. The van der Waals surface area contributed by atoms with E-state index in [2.05, 4.69) is 64.3 Å². The number of nitrogens with zero attached hydrogens (tertiary/aromatic N) is 7. The van der Waals surface area contributed by atoms with E-state index in [-0.39, 0.29) is 30.3 Å². The largest absolute Gasteiger partial charge is 0.366 e. The first-order chi connectivity index (χ1) is 25.1. The highest BCUT2D eigenvalue weighted by Gasteiger charge is 2.50. The van der Waals surface area contributed by atoms with Gasteiger partial charge in [-0.25, -0.2) is 17.6 Å². The van der Waals surface area contributed by atoms with Crippen LogP contribution in [0.3, 0.4) is 0 Å². The molecular weight excluding hydrogens is 705 g/mol. The van der Waals surface area contributed by atoms with Crippen LogP contribution in [0, 0.1) is 5.92 Å². The summed E-state index contributed by atoms with van der Waals surface area (Å²) in [6, 6.07) is -0.166. The molecule has 0 radical (unpaired) electrons. The Balaban J connectivity index is 0.000000225. The van der Waals surface area contributed by atoms with E-state index >= 15 is 8.78 Å². The molecular formula is C39H66F4N8OS. The fraction of sp³-hybridized carbons (Fsp3) is 0.923. The van der Waals surface area contributed by atoms with Gasteiger partial charge in [0.25, 0.3) is 11.8 Å². The summed E-state index contributed by atoms with van der Waals surface area (Å²) in [7, 11) is 0. The number of piperidine rings is 1. The van der Waals surface area contributed by atoms with Crippen molar-refractivity contribution in [3.05, 3.63) is 11.7 Å². The maximum atomic E-state index is 15.3. The van der Waals surface area contributed by atoms with Gasteiger partial charge in [-0.2, -0.15) is 4.98 Å². The highest BCUT2D eigenvalue weighted by atomic mass is 32.1. The average molecular weight is 771 g/mol. The monoisotopic (exact) mass is 771 g/mol. The first kappa shape index (κ1) is 41.2. The Bertz CT molecular complexity index is 1340. The smallest absolute Gasteiger partial charge is 0.264 e. The van der Waals surface area contributed by atoms with Crippen molar-refractivity contribution in [1.82, 2.24) is 34.6 Å². The third-order valence-corrected chi connectivity index (χ3v) is 14.0. The number of aromatic nitrogens is 2. The summed E-state index contributed by atoms with van der Waals surface area (Å²) < 4.78 is 63.4. The Labute approximate surface area is 320 Å². The lowest BCUT2D eigenvalue weighted by Gasteiger charge is -2.48. The minimum atomic E-state index is -2.68. The molecule has 3 saturated heterocycles. The number of hydrogen-bond donors (Lipinski definition) is 1. The van der Waals surface area contributed by atoms with E-state index in [4.69, 9.17) is 27.5 Å². The summed E-state index contributed by atoms with van der Waals surface area (Å²) in [6.07, 6.45) is 7.11. The summed E-state index contributed by atoms with van der Waals surface area (Å²) >= 11 is 5.82. The van der Waals surface area contributed by atoms with Gasteiger partial charge in [-0.1, -0.05) is 24.3 Å². The zero-order valence-electron chi connectivity index (χ0n) is 32.9. The number of thiocarbonyl (C=S) groups is 1. The molecule has 1 aromatic heterocycles. The second-order valence-electron chi connectivity index (χ2n) is 17.8. The maximum absolute atomic E-state index is 15.3. The number of rotatable bonds is 8. The van der Waals surface area contributed by atoms with Crippen molar-refractivity contribution in [2.24, 2.45) is 11.7 Å². The van der Waals surface area contributed by atoms with E-state index in [1.807, 2.05) is 0 Å². The molecule has 7 rings (SSSR count). The van der Waals surface area contributed by atoms with E-state index in [1.165, 1.54) is 0 Å². The Morgan fingerprint density at radius 1 is 0.755 bits per heavy atom. The fourth-order valence-electron chi connectivity index (χ4n) is 9.46. The van der Waals surface area contributed by atoms with Crippen LogP contribution in [-0.4, -0.2) is 147 Å². The molecule has 6 aliphatic rings. The van der Waals surface area contributed by atoms with Gasteiger partial charge in [0.1, 0.15) is 0 Å². The van der Waals surface area contributed by atoms with E-state index in [0.717, 1.165) is 116 Å². The van der Waals surface area contributed by atoms with Crippen LogP contribution in [0.25, 0.3) is 0 Å². The Morgan fingerprint density at radius 3 is 1.79 bits per heavy atom. The molecule has 0 aromatic carbocycles. The molecule has 53 heavy (non-hydrogen) atoms. The Hall–Kier alpha value is -1.45. The lowest BCUT2D eigenvalue weighted by atomic mass is 9.77. The second kappa shape index (κ2) is 17.0. The Kier molecular flexibility index (Phi) is 13.2. The van der Waals surface area contributed by atoms with Crippen LogP contribution < -0.4 is 5.73 Å². The first-order valence-electron chi connectivity index (χ1n) is 20.7. The maximum Gasteiger partial charge on any atom is 0.264 e. The van der Waals surface area contributed by atoms with Gasteiger partial charge in [0, 0.05) is 126 Å². The van der Waals surface area contributed by atoms with Crippen molar-refractivity contribution < 1.29 is 22.1 Å². The molecule has 0 amide bonds. The van der Waals surface area contributed by atoms with Crippen LogP contribution in [0.5, 0.6) is 0 Å². The fourth-order valence-corrected chi connectivity index (χ4v) is 9.82. The number of hydrogen-bond acceptors (Lipinski definition) is 9. The quantitative estimate of drug-likeness (QED) is 0.238. The van der Waals surface area contributed by atoms with Crippen LogP contribution in [0.2, 0.25) is 0 Å². The molecule has 2 unspecified atom stereocenters. The van der Waals surface area contributed by atoms with Crippen molar-refractivity contribution >= 4 is 17.2 Å². The summed E-state index contributed by atoms with van der Waals surface area (Å²) in [5.74, 6) is -4.01. The summed E-state index contributed by atoms with van der Waals surface area (Å²) in [4.78, 5) is 16.9. The van der Waals surface area contributed by atoms with Gasteiger partial charge >= 0.3 is 0 Å². The number of nitrogens with two attached hydrogens (primary N) is 1. The normalized spacial score (nSPS) is 31.7. The molecule has 3 aliphatic heterocycles. The van der Waals surface area contributed by atoms with Crippen LogP contribution in [-0.2, 0) is 5.41 Å². The molecule has 3 saturated carbocycles. The zero-order valence-corrected chi connectivity index (χ0v) is 33.7. The third kappa shape index (κ3) is 9.75. The second-order valence-corrected chi connectivity index (χ2v) is 18.3. The van der Waals surface area contributed by atoms with Gasteiger partial charge in [-0.05, 0) is 79.1 Å². The molecule has 4 atom stereocenters. The van der Waals surface area contributed by atoms with Crippen LogP contribution in [0.15, 0.2) is 4.52 Å². The van der Waals surface area contributed by atoms with Crippen molar-refractivity contribution in [1.29, 1.82) is 0 Å². The minimum Gasteiger partial charge on any atom is -0.366 e. The summed E-state index contributed by atoms with van der Waals surface area (Å²) in [5.41, 5.74) is 5.63. The van der Waals surface area contributed by atoms with Gasteiger partial charge in [0.15, 0.2) is 5.82 Å². The van der Waals surface area contributed by atoms with Gasteiger partial charge in [0.05, 0.1) is 11.0 Å². The highest BCUT2D eigenvalue weighted by molar-refractivity contribution is 7.80. The van der Waals surface area contributed by atoms with Gasteiger partial charge in [-0.3, -0.25) is 19.6 Å². The van der Waals surface area contributed by atoms with E-state index in [9.17, 15) is 8.78 Å². The van der Waals surface area contributed by atoms with Crippen molar-refractivity contribution in [3.63, 3.8) is 0 Å². The Morgan fingerprint density at radius 2 is 1.26 bits per heavy atom. The van der Waals surface area contributed by atoms with Crippen molar-refractivity contribution in [2.75, 3.05) is 65.4 Å². The summed E-state index contributed by atoms with van der Waals surface area (Å²) in [6.45, 7) is 19.8. The van der Waals surface area contributed by atoms with E-state index < -0.39 is 23.8 Å². The molecule has 14 heteroatoms. The standard InChI is InChI=1S/C26H41F2N5OS.C13H25F2N3/c1-18(2)31-13-15-32(16-14-31)21-5-4-8-26(27,28)20(21)17-22(35)33-11-9-25(3,10-12-33)24-29-23(34-30-24)19-6-7-19;1-10(2)17-6-8-18(9-7-17)11-4-3-5-13(14,15)12(11)16/h18-21H,4-17H2,1-3H3;10-12H,3-9,16H2,1-2H3/t20-,21?;11?,12-/m11/s1. The molecule has 6 fully saturated rings. The lowest BCUT2D eigenvalue weighted by molar-refractivity contribution is -0.121. The summed E-state index contributed by atoms with van der Waals surface area (Å²) in [5, 5.41) is 4.29. The third-order valence-electron chi connectivity index (χ3n) is 13.5. The number of piperazine rings is 2. The van der Waals surface area contributed by atoms with Crippen LogP contribution in [0.4, 0.5) is 17.6 Å². The van der Waals surface area contributed by atoms with Crippen LogP contribution >= 0.6 is 12.2 Å². The molecule has 3 aliphatic carbocycles. The molecule has 0 spiro atoms. The van der Waals surface area contributed by atoms with Crippen molar-refractivity contribution in [2.45, 2.75) is 159 Å². The number of likely N-dealkylation sites (tertiary alicyclic amines) is 1. The molecule has 2 N–H and O–H groups in total. The predicted molar refractivity (Wildman–Crippen MR) is 205 cm³/mol. The average Bonchev–Trinajstić information content (AvgIpc) is 3.85. The number of alkyl halides is 4. The molecule has 302 valence electrons. The molecule has 0 bridgehead atoms. The van der Waals surface area contributed by atoms with Crippen molar-refractivity contribution in [3.8, 4) is 0 Å².